The van der Waals surface area contributed by atoms with Crippen LogP contribution in [-0.2, 0) is 0 Å². The van der Waals surface area contributed by atoms with Gasteiger partial charge in [-0.15, -0.1) is 0 Å². The van der Waals surface area contributed by atoms with Gasteiger partial charge in [-0.2, -0.15) is 0 Å². The first-order chi connectivity index (χ1) is 8.86. The second kappa shape index (κ2) is 5.48. The van der Waals surface area contributed by atoms with E-state index in [0.717, 1.165) is 0 Å². The van der Waals surface area contributed by atoms with Gasteiger partial charge in [0.2, 0.25) is 0 Å². The Morgan fingerprint density at radius 1 is 0.889 bits per heavy atom. The molecule has 2 aromatic rings. The van der Waals surface area contributed by atoms with Gasteiger partial charge in [0.05, 0.1) is 11.9 Å². The van der Waals surface area contributed by atoms with Gasteiger partial charge in [-0.1, -0.05) is 16.4 Å². The maximum Gasteiger partial charge on any atom is 0.161 e. The van der Waals surface area contributed by atoms with Crippen molar-refractivity contribution in [1.29, 1.82) is 0 Å². The first-order valence-corrected chi connectivity index (χ1v) is 4.99. The van der Waals surface area contributed by atoms with Crippen LogP contribution in [0.4, 0.5) is 0 Å². The molecule has 7 nitrogen and oxygen atoms in total. The number of hydrogen-bond acceptors (Lipinski definition) is 7. The highest BCUT2D eigenvalue weighted by Gasteiger charge is 2.18. The first kappa shape index (κ1) is 11.6. The fourth-order valence-electron chi connectivity index (χ4n) is 1.36. The molecule has 18 heavy (non-hydrogen) atoms. The van der Waals surface area contributed by atoms with E-state index in [1.54, 1.807) is 18.2 Å². The molecule has 0 saturated carbocycles. The van der Waals surface area contributed by atoms with E-state index in [4.69, 9.17) is 10.4 Å². The minimum Gasteiger partial charge on any atom is -0.410 e. The summed E-state index contributed by atoms with van der Waals surface area (Å²) in [6.45, 7) is 0. The van der Waals surface area contributed by atoms with Crippen molar-refractivity contribution in [3.63, 3.8) is 0 Å². The van der Waals surface area contributed by atoms with Crippen molar-refractivity contribution in [3.8, 4) is 0 Å². The summed E-state index contributed by atoms with van der Waals surface area (Å²) in [6, 6.07) is 5.06. The zero-order chi connectivity index (χ0) is 12.8. The van der Waals surface area contributed by atoms with Crippen LogP contribution in [-0.4, -0.2) is 36.8 Å². The molecule has 0 aliphatic rings. The third kappa shape index (κ3) is 2.29. The zero-order valence-corrected chi connectivity index (χ0v) is 9.17. The molecular formula is C11H9N5O2. The fourth-order valence-corrected chi connectivity index (χ4v) is 1.36. The summed E-state index contributed by atoms with van der Waals surface area (Å²) < 4.78 is 0. The van der Waals surface area contributed by atoms with Crippen molar-refractivity contribution in [1.82, 2.24) is 15.0 Å². The maximum absolute atomic E-state index is 9.05. The highest BCUT2D eigenvalue weighted by atomic mass is 16.4. The average Bonchev–Trinajstić information content (AvgIpc) is 2.46. The molecular weight excluding hydrogens is 234 g/mol. The topological polar surface area (TPSA) is 104 Å². The van der Waals surface area contributed by atoms with Gasteiger partial charge in [-0.3, -0.25) is 15.0 Å². The Bertz CT molecular complexity index is 515. The third-order valence-electron chi connectivity index (χ3n) is 2.14. The Balaban J connectivity index is 2.45. The molecule has 0 atom stereocenters. The summed E-state index contributed by atoms with van der Waals surface area (Å²) in [6.07, 6.45) is 5.85. The molecule has 2 heterocycles. The minimum absolute atomic E-state index is 0.00991. The van der Waals surface area contributed by atoms with E-state index in [2.05, 4.69) is 25.3 Å². The van der Waals surface area contributed by atoms with E-state index < -0.39 is 0 Å². The first-order valence-electron chi connectivity index (χ1n) is 4.99. The number of nitrogens with zero attached hydrogens (tertiary/aromatic N) is 5. The molecule has 7 heteroatoms. The second-order valence-electron chi connectivity index (χ2n) is 3.20. The SMILES string of the molecule is O/N=C(/C(=N/O)c1cnccn1)c1ccccn1. The van der Waals surface area contributed by atoms with Crippen LogP contribution in [0.15, 0.2) is 53.3 Å². The summed E-state index contributed by atoms with van der Waals surface area (Å²) in [5, 5.41) is 24.3. The molecule has 2 aromatic heterocycles. The molecule has 0 radical (unpaired) electrons. The number of oxime groups is 2. The van der Waals surface area contributed by atoms with Crippen molar-refractivity contribution in [2.24, 2.45) is 10.3 Å². The maximum atomic E-state index is 9.05. The number of pyridine rings is 1. The molecule has 0 unspecified atom stereocenters. The normalized spacial score (nSPS) is 12.4. The van der Waals surface area contributed by atoms with E-state index in [9.17, 15) is 0 Å². The monoisotopic (exact) mass is 243 g/mol. The summed E-state index contributed by atoms with van der Waals surface area (Å²) in [5.41, 5.74) is 0.639. The Hall–Kier alpha value is -2.83. The van der Waals surface area contributed by atoms with Crippen LogP contribution in [0.5, 0.6) is 0 Å². The van der Waals surface area contributed by atoms with Gasteiger partial charge in [0.25, 0.3) is 0 Å². The standard InChI is InChI=1S/C11H9N5O2/c17-15-10(8-3-1-2-4-13-8)11(16-18)9-7-12-5-6-14-9/h1-7,17-18H/b15-10+,16-11+. The second-order valence-corrected chi connectivity index (χ2v) is 3.20. The van der Waals surface area contributed by atoms with Crippen LogP contribution in [0.25, 0.3) is 0 Å². The van der Waals surface area contributed by atoms with Gasteiger partial charge >= 0.3 is 0 Å². The summed E-state index contributed by atoms with van der Waals surface area (Å²) in [5.74, 6) is 0. The lowest BCUT2D eigenvalue weighted by Gasteiger charge is -2.04. The highest BCUT2D eigenvalue weighted by Crippen LogP contribution is 2.04. The number of aromatic nitrogens is 3. The summed E-state index contributed by atoms with van der Waals surface area (Å²) >= 11 is 0. The molecule has 0 fully saturated rings. The van der Waals surface area contributed by atoms with Gasteiger partial charge in [-0.25, -0.2) is 0 Å². The van der Waals surface area contributed by atoms with Crippen LogP contribution in [0.2, 0.25) is 0 Å². The van der Waals surface area contributed by atoms with E-state index in [1.807, 2.05) is 0 Å². The smallest absolute Gasteiger partial charge is 0.161 e. The van der Waals surface area contributed by atoms with Crippen molar-refractivity contribution in [2.45, 2.75) is 0 Å². The Labute approximate surface area is 102 Å². The third-order valence-corrected chi connectivity index (χ3v) is 2.14. The van der Waals surface area contributed by atoms with Crippen LogP contribution < -0.4 is 0 Å². The van der Waals surface area contributed by atoms with Crippen molar-refractivity contribution >= 4 is 11.4 Å². The van der Waals surface area contributed by atoms with Gasteiger partial charge in [0, 0.05) is 18.6 Å². The molecule has 0 bridgehead atoms. The van der Waals surface area contributed by atoms with Crippen LogP contribution in [0.3, 0.4) is 0 Å². The van der Waals surface area contributed by atoms with Gasteiger partial charge < -0.3 is 10.4 Å². The summed E-state index contributed by atoms with van der Waals surface area (Å²) in [7, 11) is 0. The molecule has 0 aliphatic carbocycles. The van der Waals surface area contributed by atoms with Crippen LogP contribution in [0, 0.1) is 0 Å². The molecule has 0 saturated heterocycles. The minimum atomic E-state index is -0.00991. The molecule has 90 valence electrons. The van der Waals surface area contributed by atoms with Crippen LogP contribution in [0.1, 0.15) is 11.4 Å². The number of rotatable bonds is 3. The molecule has 0 aliphatic heterocycles. The highest BCUT2D eigenvalue weighted by molar-refractivity contribution is 6.52. The quantitative estimate of drug-likeness (QED) is 0.474. The molecule has 2 N–H and O–H groups in total. The Kier molecular flexibility index (Phi) is 3.55. The van der Waals surface area contributed by atoms with Crippen molar-refractivity contribution in [3.05, 3.63) is 54.4 Å². The van der Waals surface area contributed by atoms with Crippen molar-refractivity contribution < 1.29 is 10.4 Å². The van der Waals surface area contributed by atoms with Gasteiger partial charge in [0.15, 0.2) is 11.4 Å². The average molecular weight is 243 g/mol. The largest absolute Gasteiger partial charge is 0.410 e. The zero-order valence-electron chi connectivity index (χ0n) is 9.17. The Morgan fingerprint density at radius 2 is 1.61 bits per heavy atom. The van der Waals surface area contributed by atoms with E-state index in [0.29, 0.717) is 5.69 Å². The van der Waals surface area contributed by atoms with E-state index in [1.165, 1.54) is 24.8 Å². The lowest BCUT2D eigenvalue weighted by atomic mass is 10.1. The molecule has 0 spiro atoms. The predicted molar refractivity (Wildman–Crippen MR) is 62.9 cm³/mol. The van der Waals surface area contributed by atoms with Gasteiger partial charge in [-0.05, 0) is 12.1 Å². The summed E-state index contributed by atoms with van der Waals surface area (Å²) in [4.78, 5) is 11.8. The van der Waals surface area contributed by atoms with Crippen molar-refractivity contribution in [2.75, 3.05) is 0 Å². The fraction of sp³-hybridized carbons (Fsp3) is 0. The predicted octanol–water partition coefficient (Wildman–Crippen LogP) is 0.928. The molecule has 0 aromatic carbocycles. The Morgan fingerprint density at radius 3 is 2.17 bits per heavy atom. The molecule has 2 rings (SSSR count). The lowest BCUT2D eigenvalue weighted by Crippen LogP contribution is -2.20. The van der Waals surface area contributed by atoms with Crippen LogP contribution >= 0.6 is 0 Å². The van der Waals surface area contributed by atoms with E-state index in [-0.39, 0.29) is 17.1 Å². The lowest BCUT2D eigenvalue weighted by molar-refractivity contribution is 0.314. The molecule has 0 amide bonds. The number of hydrogen-bond donors (Lipinski definition) is 2. The van der Waals surface area contributed by atoms with E-state index >= 15 is 0 Å². The van der Waals surface area contributed by atoms with Gasteiger partial charge in [0.1, 0.15) is 5.69 Å².